The van der Waals surface area contributed by atoms with E-state index in [1.54, 1.807) is 34.3 Å². The number of carbonyl (C=O) groups excluding carboxylic acids is 4. The summed E-state index contributed by atoms with van der Waals surface area (Å²) in [6.07, 6.45) is 0.618. The van der Waals surface area contributed by atoms with E-state index in [4.69, 9.17) is 0 Å². The van der Waals surface area contributed by atoms with Crippen molar-refractivity contribution in [3.63, 3.8) is 0 Å². The zero-order chi connectivity index (χ0) is 26.6. The zero-order valence-electron chi connectivity index (χ0n) is 20.0. The van der Waals surface area contributed by atoms with Crippen molar-refractivity contribution in [3.8, 4) is 0 Å². The van der Waals surface area contributed by atoms with Gasteiger partial charge in [0.25, 0.3) is 5.91 Å². The lowest BCUT2D eigenvalue weighted by atomic mass is 10.1. The molecule has 0 aliphatic carbocycles. The van der Waals surface area contributed by atoms with Crippen LogP contribution in [0.3, 0.4) is 0 Å². The van der Waals surface area contributed by atoms with Crippen LogP contribution in [-0.2, 0) is 27.0 Å². The summed E-state index contributed by atoms with van der Waals surface area (Å²) in [7, 11) is 0. The zero-order valence-corrected chi connectivity index (χ0v) is 20.0. The van der Waals surface area contributed by atoms with Crippen LogP contribution in [0.2, 0.25) is 0 Å². The van der Waals surface area contributed by atoms with Gasteiger partial charge in [0.05, 0.1) is 24.6 Å². The number of pyridine rings is 1. The Hall–Kier alpha value is -3.76. The van der Waals surface area contributed by atoms with Crippen molar-refractivity contribution in [2.24, 2.45) is 0 Å². The molecule has 2 unspecified atom stereocenters. The summed E-state index contributed by atoms with van der Waals surface area (Å²) in [5, 5.41) is 2.63. The minimum atomic E-state index is -4.46. The Bertz CT molecular complexity index is 1150. The number of unbranched alkanes of at least 4 members (excludes halogenated alkanes) is 1. The molecule has 0 saturated carbocycles. The highest BCUT2D eigenvalue weighted by atomic mass is 19.4. The van der Waals surface area contributed by atoms with Crippen molar-refractivity contribution in [2.45, 2.75) is 50.4 Å². The second kappa shape index (κ2) is 11.1. The van der Waals surface area contributed by atoms with Crippen LogP contribution in [0.4, 0.5) is 13.2 Å². The Morgan fingerprint density at radius 1 is 1.03 bits per heavy atom. The number of aromatic nitrogens is 1. The summed E-state index contributed by atoms with van der Waals surface area (Å²) >= 11 is 0. The molecule has 1 aromatic carbocycles. The molecule has 2 atom stereocenters. The van der Waals surface area contributed by atoms with Gasteiger partial charge in [0.1, 0.15) is 6.04 Å². The van der Waals surface area contributed by atoms with E-state index in [0.717, 1.165) is 29.8 Å². The van der Waals surface area contributed by atoms with E-state index in [1.807, 2.05) is 0 Å². The maximum absolute atomic E-state index is 12.8. The maximum atomic E-state index is 12.8. The van der Waals surface area contributed by atoms with Crippen molar-refractivity contribution < 1.29 is 32.3 Å². The molecule has 2 aliphatic heterocycles. The molecule has 8 nitrogen and oxygen atoms in total. The van der Waals surface area contributed by atoms with Gasteiger partial charge in [0, 0.05) is 37.5 Å². The van der Waals surface area contributed by atoms with Gasteiger partial charge in [-0.3, -0.25) is 24.2 Å². The minimum Gasteiger partial charge on any atom is -0.352 e. The SMILES string of the molecule is O=C(NCCCCC(=O)N1CCC2C1C(=O)CN2C(=O)Cc1cccnc1)c1ccc(C(F)(F)F)cc1. The Morgan fingerprint density at radius 3 is 2.46 bits per heavy atom. The third-order valence-electron chi connectivity index (χ3n) is 6.72. The molecule has 11 heteroatoms. The fourth-order valence-corrected chi connectivity index (χ4v) is 4.86. The number of amides is 3. The number of nitrogens with zero attached hydrogens (tertiary/aromatic N) is 3. The number of ketones is 1. The third-order valence-corrected chi connectivity index (χ3v) is 6.72. The number of likely N-dealkylation sites (tertiary alicyclic amines) is 2. The Labute approximate surface area is 211 Å². The summed E-state index contributed by atoms with van der Waals surface area (Å²) in [6.45, 7) is 0.657. The van der Waals surface area contributed by atoms with E-state index < -0.39 is 23.7 Å². The summed E-state index contributed by atoms with van der Waals surface area (Å²) < 4.78 is 37.9. The van der Waals surface area contributed by atoms with Crippen molar-refractivity contribution in [1.29, 1.82) is 0 Å². The molecular weight excluding hydrogens is 489 g/mol. The molecule has 2 fully saturated rings. The lowest BCUT2D eigenvalue weighted by Gasteiger charge is -2.24. The van der Waals surface area contributed by atoms with Crippen molar-refractivity contribution >= 4 is 23.5 Å². The van der Waals surface area contributed by atoms with Crippen LogP contribution < -0.4 is 5.32 Å². The number of nitrogens with one attached hydrogen (secondary N) is 1. The molecule has 3 heterocycles. The number of rotatable bonds is 8. The summed E-state index contributed by atoms with van der Waals surface area (Å²) in [6, 6.07) is 6.56. The number of hydrogen-bond acceptors (Lipinski definition) is 5. The van der Waals surface area contributed by atoms with E-state index in [2.05, 4.69) is 10.3 Å². The van der Waals surface area contributed by atoms with Gasteiger partial charge in [-0.15, -0.1) is 0 Å². The monoisotopic (exact) mass is 516 g/mol. The van der Waals surface area contributed by atoms with Crippen LogP contribution in [-0.4, -0.2) is 70.0 Å². The first-order valence-corrected chi connectivity index (χ1v) is 12.1. The maximum Gasteiger partial charge on any atom is 0.416 e. The molecule has 37 heavy (non-hydrogen) atoms. The lowest BCUT2D eigenvalue weighted by molar-refractivity contribution is -0.137. The average molecular weight is 517 g/mol. The molecule has 1 aromatic heterocycles. The molecular formula is C26H27F3N4O4. The van der Waals surface area contributed by atoms with E-state index in [9.17, 15) is 32.3 Å². The predicted octanol–water partition coefficient (Wildman–Crippen LogP) is 2.62. The number of alkyl halides is 3. The molecule has 1 N–H and O–H groups in total. The van der Waals surface area contributed by atoms with E-state index >= 15 is 0 Å². The molecule has 0 bridgehead atoms. The van der Waals surface area contributed by atoms with E-state index in [0.29, 0.717) is 25.8 Å². The smallest absolute Gasteiger partial charge is 0.352 e. The third kappa shape index (κ3) is 6.15. The van der Waals surface area contributed by atoms with Gasteiger partial charge in [-0.2, -0.15) is 13.2 Å². The van der Waals surface area contributed by atoms with Crippen LogP contribution in [0.15, 0.2) is 48.8 Å². The first-order valence-electron chi connectivity index (χ1n) is 12.1. The number of hydrogen-bond donors (Lipinski definition) is 1. The first kappa shape index (κ1) is 26.3. The largest absolute Gasteiger partial charge is 0.416 e. The highest BCUT2D eigenvalue weighted by Gasteiger charge is 2.50. The van der Waals surface area contributed by atoms with Crippen LogP contribution in [0.1, 0.15) is 47.2 Å². The molecule has 4 rings (SSSR count). The van der Waals surface area contributed by atoms with Gasteiger partial charge < -0.3 is 15.1 Å². The van der Waals surface area contributed by atoms with Gasteiger partial charge in [-0.25, -0.2) is 0 Å². The van der Waals surface area contributed by atoms with E-state index in [-0.39, 0.29) is 55.1 Å². The molecule has 0 spiro atoms. The lowest BCUT2D eigenvalue weighted by Crippen LogP contribution is -2.43. The van der Waals surface area contributed by atoms with Crippen LogP contribution >= 0.6 is 0 Å². The summed E-state index contributed by atoms with van der Waals surface area (Å²) in [5.41, 5.74) is 0.0581. The molecule has 0 radical (unpaired) electrons. The molecule has 2 aliphatic rings. The van der Waals surface area contributed by atoms with Gasteiger partial charge in [-0.05, 0) is 55.2 Å². The summed E-state index contributed by atoms with van der Waals surface area (Å²) in [5.74, 6) is -0.961. The highest BCUT2D eigenvalue weighted by molar-refractivity contribution is 5.98. The fraction of sp³-hybridized carbons (Fsp3) is 0.423. The van der Waals surface area contributed by atoms with E-state index in [1.165, 1.54) is 0 Å². The van der Waals surface area contributed by atoms with Gasteiger partial charge in [0.2, 0.25) is 11.8 Å². The molecule has 2 aromatic rings. The van der Waals surface area contributed by atoms with Crippen LogP contribution in [0.5, 0.6) is 0 Å². The standard InChI is InChI=1S/C26H27F3N4O4/c27-26(28,29)19-8-6-18(7-9-19)25(37)31-12-2-1-5-22(35)32-13-10-20-24(32)21(34)16-33(20)23(36)14-17-4-3-11-30-15-17/h3-4,6-9,11,15,20,24H,1-2,5,10,12-14,16H2,(H,31,37). The van der Waals surface area contributed by atoms with Gasteiger partial charge in [-0.1, -0.05) is 6.07 Å². The molecule has 196 valence electrons. The first-order chi connectivity index (χ1) is 17.6. The topological polar surface area (TPSA) is 99.7 Å². The predicted molar refractivity (Wildman–Crippen MR) is 126 cm³/mol. The second-order valence-corrected chi connectivity index (χ2v) is 9.20. The average Bonchev–Trinajstić information content (AvgIpc) is 3.45. The van der Waals surface area contributed by atoms with Crippen molar-refractivity contribution in [2.75, 3.05) is 19.6 Å². The van der Waals surface area contributed by atoms with Crippen LogP contribution in [0.25, 0.3) is 0 Å². The quantitative estimate of drug-likeness (QED) is 0.544. The van der Waals surface area contributed by atoms with Gasteiger partial charge in [0.15, 0.2) is 5.78 Å². The number of benzene rings is 1. The second-order valence-electron chi connectivity index (χ2n) is 9.20. The molecule has 2 saturated heterocycles. The number of halogens is 3. The Balaban J connectivity index is 1.21. The summed E-state index contributed by atoms with van der Waals surface area (Å²) in [4.78, 5) is 57.6. The normalized spacial score (nSPS) is 19.2. The number of Topliss-reactive ketones (excluding diaryl/α,β-unsaturated/α-hetero) is 1. The fourth-order valence-electron chi connectivity index (χ4n) is 4.86. The van der Waals surface area contributed by atoms with Crippen LogP contribution in [0, 0.1) is 0 Å². The number of fused-ring (bicyclic) bond motifs is 1. The van der Waals surface area contributed by atoms with Crippen molar-refractivity contribution in [3.05, 3.63) is 65.5 Å². The highest BCUT2D eigenvalue weighted by Crippen LogP contribution is 2.31. The Morgan fingerprint density at radius 2 is 1.78 bits per heavy atom. The van der Waals surface area contributed by atoms with Gasteiger partial charge >= 0.3 is 6.18 Å². The van der Waals surface area contributed by atoms with Crippen molar-refractivity contribution in [1.82, 2.24) is 20.1 Å². The Kier molecular flexibility index (Phi) is 7.89. The number of carbonyl (C=O) groups is 4. The molecule has 3 amide bonds. The minimum absolute atomic E-state index is 0.00576.